The lowest BCUT2D eigenvalue weighted by atomic mass is 10.0. The molecule has 0 bridgehead atoms. The van der Waals surface area contributed by atoms with Gasteiger partial charge in [-0.2, -0.15) is 0 Å². The maximum atomic E-state index is 9.92. The van der Waals surface area contributed by atoms with Crippen molar-refractivity contribution < 1.29 is 4.79 Å². The van der Waals surface area contributed by atoms with Crippen LogP contribution in [0, 0.1) is 5.92 Å². The molecule has 0 aromatic heterocycles. The van der Waals surface area contributed by atoms with E-state index in [9.17, 15) is 4.79 Å². The summed E-state index contributed by atoms with van der Waals surface area (Å²) in [4.78, 5) is 9.92. The highest BCUT2D eigenvalue weighted by atomic mass is 16.1. The molecule has 0 amide bonds. The van der Waals surface area contributed by atoms with E-state index in [1.54, 1.807) is 6.08 Å². The van der Waals surface area contributed by atoms with Gasteiger partial charge in [0.15, 0.2) is 0 Å². The van der Waals surface area contributed by atoms with Crippen molar-refractivity contribution in [3.63, 3.8) is 0 Å². The van der Waals surface area contributed by atoms with E-state index in [2.05, 4.69) is 13.5 Å². The van der Waals surface area contributed by atoms with Crippen molar-refractivity contribution in [1.29, 1.82) is 0 Å². The largest absolute Gasteiger partial charge is 0.299 e. The van der Waals surface area contributed by atoms with E-state index in [0.717, 1.165) is 19.1 Å². The second-order valence-corrected chi connectivity index (χ2v) is 2.21. The van der Waals surface area contributed by atoms with Crippen LogP contribution < -0.4 is 0 Å². The van der Waals surface area contributed by atoms with Crippen molar-refractivity contribution in [1.82, 2.24) is 0 Å². The van der Waals surface area contributed by atoms with Gasteiger partial charge < -0.3 is 0 Å². The molecule has 0 aliphatic rings. The van der Waals surface area contributed by atoms with Crippen LogP contribution in [0.25, 0.3) is 0 Å². The van der Waals surface area contributed by atoms with Gasteiger partial charge in [-0.05, 0) is 24.8 Å². The Morgan fingerprint density at radius 3 is 2.70 bits per heavy atom. The topological polar surface area (TPSA) is 17.1 Å². The minimum absolute atomic E-state index is 0.489. The summed E-state index contributed by atoms with van der Waals surface area (Å²) in [5.41, 5.74) is 0. The van der Waals surface area contributed by atoms with Gasteiger partial charge in [-0.3, -0.25) is 4.79 Å². The fraction of sp³-hybridized carbons (Fsp3) is 0.444. The summed E-state index contributed by atoms with van der Waals surface area (Å²) in [6.45, 7) is 5.73. The Morgan fingerprint density at radius 2 is 2.30 bits per heavy atom. The van der Waals surface area contributed by atoms with Crippen molar-refractivity contribution >= 4 is 6.29 Å². The molecule has 0 heterocycles. The van der Waals surface area contributed by atoms with E-state index in [4.69, 9.17) is 0 Å². The van der Waals surface area contributed by atoms with Crippen molar-refractivity contribution in [2.45, 2.75) is 19.8 Å². The number of hydrogen-bond donors (Lipinski definition) is 0. The molecule has 1 nitrogen and oxygen atoms in total. The first-order valence-corrected chi connectivity index (χ1v) is 3.58. The van der Waals surface area contributed by atoms with Crippen molar-refractivity contribution in [2.75, 3.05) is 0 Å². The minimum Gasteiger partial charge on any atom is -0.299 e. The molecule has 56 valence electrons. The Morgan fingerprint density at radius 1 is 1.60 bits per heavy atom. The second kappa shape index (κ2) is 6.27. The highest BCUT2D eigenvalue weighted by molar-refractivity contribution is 5.64. The molecule has 0 rings (SSSR count). The van der Waals surface area contributed by atoms with E-state index in [1.165, 1.54) is 0 Å². The van der Waals surface area contributed by atoms with Gasteiger partial charge in [0.05, 0.1) is 0 Å². The van der Waals surface area contributed by atoms with Crippen LogP contribution >= 0.6 is 0 Å². The zero-order valence-corrected chi connectivity index (χ0v) is 6.42. The summed E-state index contributed by atoms with van der Waals surface area (Å²) in [6.07, 6.45) is 8.19. The number of carbonyl (C=O) groups is 1. The molecule has 0 aliphatic heterocycles. The molecule has 0 saturated heterocycles. The Hall–Kier alpha value is -0.850. The number of rotatable bonds is 5. The zero-order valence-electron chi connectivity index (χ0n) is 6.42. The van der Waals surface area contributed by atoms with Crippen LogP contribution in [0.1, 0.15) is 19.8 Å². The van der Waals surface area contributed by atoms with Gasteiger partial charge in [-0.25, -0.2) is 0 Å². The number of hydrogen-bond acceptors (Lipinski definition) is 1. The maximum absolute atomic E-state index is 9.92. The number of allylic oxidation sites excluding steroid dienone is 3. The zero-order chi connectivity index (χ0) is 7.82. The highest BCUT2D eigenvalue weighted by Crippen LogP contribution is 2.09. The molecule has 0 saturated carbocycles. The lowest BCUT2D eigenvalue weighted by molar-refractivity contribution is -0.104. The average molecular weight is 138 g/mol. The molecule has 0 aromatic carbocycles. The van der Waals surface area contributed by atoms with E-state index < -0.39 is 0 Å². The Balaban J connectivity index is 3.68. The van der Waals surface area contributed by atoms with Gasteiger partial charge in [0.2, 0.25) is 0 Å². The standard InChI is InChI=1S/C9H14O/c1-3-6-9(4-2)7-5-8-10/h3,5,7-9H,1,4,6H2,2H3. The Labute approximate surface area is 62.4 Å². The molecular weight excluding hydrogens is 124 g/mol. The Kier molecular flexibility index (Phi) is 5.74. The van der Waals surface area contributed by atoms with Crippen molar-refractivity contribution in [3.05, 3.63) is 24.8 Å². The third-order valence-corrected chi connectivity index (χ3v) is 1.46. The quantitative estimate of drug-likeness (QED) is 0.324. The molecule has 1 unspecified atom stereocenters. The van der Waals surface area contributed by atoms with Gasteiger partial charge in [0, 0.05) is 0 Å². The van der Waals surface area contributed by atoms with Crippen LogP contribution in [0.15, 0.2) is 24.8 Å². The molecule has 0 aromatic rings. The van der Waals surface area contributed by atoms with Crippen LogP contribution in [0.2, 0.25) is 0 Å². The van der Waals surface area contributed by atoms with Gasteiger partial charge in [-0.15, -0.1) is 6.58 Å². The molecule has 0 spiro atoms. The smallest absolute Gasteiger partial charge is 0.142 e. The second-order valence-electron chi connectivity index (χ2n) is 2.21. The monoisotopic (exact) mass is 138 g/mol. The third kappa shape index (κ3) is 4.07. The normalized spacial score (nSPS) is 13.3. The first kappa shape index (κ1) is 9.15. The highest BCUT2D eigenvalue weighted by Gasteiger charge is 1.95. The van der Waals surface area contributed by atoms with Crippen LogP contribution in [0.4, 0.5) is 0 Å². The molecule has 1 heteroatoms. The summed E-state index contributed by atoms with van der Waals surface area (Å²) in [5, 5.41) is 0. The maximum Gasteiger partial charge on any atom is 0.142 e. The van der Waals surface area contributed by atoms with Crippen molar-refractivity contribution in [2.24, 2.45) is 5.92 Å². The average Bonchev–Trinajstić information content (AvgIpc) is 1.98. The predicted octanol–water partition coefficient (Wildman–Crippen LogP) is 2.34. The minimum atomic E-state index is 0.489. The van der Waals surface area contributed by atoms with E-state index in [0.29, 0.717) is 5.92 Å². The lowest BCUT2D eigenvalue weighted by Crippen LogP contribution is -1.90. The van der Waals surface area contributed by atoms with Gasteiger partial charge in [0.25, 0.3) is 0 Å². The van der Waals surface area contributed by atoms with E-state index >= 15 is 0 Å². The van der Waals surface area contributed by atoms with E-state index in [-0.39, 0.29) is 0 Å². The first-order chi connectivity index (χ1) is 4.85. The summed E-state index contributed by atoms with van der Waals surface area (Å²) >= 11 is 0. The third-order valence-electron chi connectivity index (χ3n) is 1.46. The summed E-state index contributed by atoms with van der Waals surface area (Å²) in [5.74, 6) is 0.489. The predicted molar refractivity (Wildman–Crippen MR) is 43.8 cm³/mol. The molecule has 0 aliphatic carbocycles. The summed E-state index contributed by atoms with van der Waals surface area (Å²) in [7, 11) is 0. The molecule has 1 atom stereocenters. The van der Waals surface area contributed by atoms with Crippen LogP contribution in [-0.4, -0.2) is 6.29 Å². The Bertz CT molecular complexity index is 125. The molecular formula is C9H14O. The fourth-order valence-electron chi connectivity index (χ4n) is 0.798. The first-order valence-electron chi connectivity index (χ1n) is 3.58. The molecule has 0 radical (unpaired) electrons. The molecule has 0 N–H and O–H groups in total. The molecule has 10 heavy (non-hydrogen) atoms. The molecule has 0 fully saturated rings. The van der Waals surface area contributed by atoms with Crippen molar-refractivity contribution in [3.8, 4) is 0 Å². The SMILES string of the molecule is C=CCC(C=CC=O)CC. The fourth-order valence-corrected chi connectivity index (χ4v) is 0.798. The van der Waals surface area contributed by atoms with Crippen LogP contribution in [0.3, 0.4) is 0 Å². The lowest BCUT2D eigenvalue weighted by Gasteiger charge is -2.03. The van der Waals surface area contributed by atoms with Crippen LogP contribution in [0.5, 0.6) is 0 Å². The number of carbonyl (C=O) groups excluding carboxylic acids is 1. The number of aldehydes is 1. The summed E-state index contributed by atoms with van der Waals surface area (Å²) in [6, 6.07) is 0. The van der Waals surface area contributed by atoms with E-state index in [1.807, 2.05) is 12.2 Å². The van der Waals surface area contributed by atoms with Gasteiger partial charge in [0.1, 0.15) is 6.29 Å². The van der Waals surface area contributed by atoms with Gasteiger partial charge in [-0.1, -0.05) is 19.1 Å². The van der Waals surface area contributed by atoms with Gasteiger partial charge >= 0.3 is 0 Å². The van der Waals surface area contributed by atoms with Crippen LogP contribution in [-0.2, 0) is 4.79 Å². The summed E-state index contributed by atoms with van der Waals surface area (Å²) < 4.78 is 0.